The van der Waals surface area contributed by atoms with Crippen LogP contribution < -0.4 is 10.2 Å². The zero-order valence-electron chi connectivity index (χ0n) is 17.4. The van der Waals surface area contributed by atoms with E-state index in [1.807, 2.05) is 0 Å². The predicted octanol–water partition coefficient (Wildman–Crippen LogP) is 4.76. The Balaban J connectivity index is 1.53. The molecule has 2 aliphatic rings. The summed E-state index contributed by atoms with van der Waals surface area (Å²) in [5.41, 5.74) is -4.54. The topological polar surface area (TPSA) is 91.8 Å². The molecule has 1 N–H and O–H groups in total. The number of nitrogens with zero attached hydrogens (tertiary/aromatic N) is 3. The monoisotopic (exact) mass is 480 g/mol. The van der Waals surface area contributed by atoms with Gasteiger partial charge in [-0.3, -0.25) is 10.1 Å². The van der Waals surface area contributed by atoms with Gasteiger partial charge in [0.05, 0.1) is 12.3 Å². The van der Waals surface area contributed by atoms with Crippen LogP contribution in [0.2, 0.25) is 0 Å². The predicted molar refractivity (Wildman–Crippen MR) is 114 cm³/mol. The molecule has 1 aromatic heterocycles. The SMILES string of the molecule is CCOC(=O)Nc1cc(CN2C(=O)N(c3ccc(SC(F)(F)F)cc3)C(=O)C23CC3)ccn1. The van der Waals surface area contributed by atoms with E-state index in [0.29, 0.717) is 18.4 Å². The van der Waals surface area contributed by atoms with Crippen molar-refractivity contribution in [2.24, 2.45) is 0 Å². The molecule has 2 heterocycles. The van der Waals surface area contributed by atoms with Crippen LogP contribution in [0.25, 0.3) is 0 Å². The highest BCUT2D eigenvalue weighted by atomic mass is 32.2. The highest BCUT2D eigenvalue weighted by Gasteiger charge is 2.65. The molecule has 2 aromatic rings. The van der Waals surface area contributed by atoms with Gasteiger partial charge in [0, 0.05) is 17.6 Å². The van der Waals surface area contributed by atoms with Crippen molar-refractivity contribution in [2.45, 2.75) is 42.3 Å². The maximum atomic E-state index is 13.2. The van der Waals surface area contributed by atoms with E-state index in [-0.39, 0.29) is 41.3 Å². The van der Waals surface area contributed by atoms with Gasteiger partial charge in [-0.25, -0.2) is 19.5 Å². The number of nitrogens with one attached hydrogen (secondary N) is 1. The minimum absolute atomic E-state index is 0.0400. The molecule has 1 spiro atoms. The molecule has 33 heavy (non-hydrogen) atoms. The fourth-order valence-electron chi connectivity index (χ4n) is 3.66. The van der Waals surface area contributed by atoms with E-state index in [0.717, 1.165) is 4.90 Å². The summed E-state index contributed by atoms with van der Waals surface area (Å²) in [7, 11) is 0. The van der Waals surface area contributed by atoms with Crippen LogP contribution >= 0.6 is 11.8 Å². The number of amides is 4. The Kier molecular flexibility index (Phi) is 5.95. The first kappa shape index (κ1) is 22.9. The van der Waals surface area contributed by atoms with Gasteiger partial charge < -0.3 is 9.64 Å². The second-order valence-corrected chi connectivity index (χ2v) is 8.62. The number of alkyl halides is 3. The lowest BCUT2D eigenvalue weighted by Gasteiger charge is -2.21. The van der Waals surface area contributed by atoms with E-state index in [2.05, 4.69) is 10.3 Å². The third-order valence-electron chi connectivity index (χ3n) is 5.26. The van der Waals surface area contributed by atoms with Gasteiger partial charge in [-0.05, 0) is 73.5 Å². The van der Waals surface area contributed by atoms with E-state index in [1.54, 1.807) is 19.1 Å². The first-order valence-corrected chi connectivity index (χ1v) is 10.9. The molecule has 8 nitrogen and oxygen atoms in total. The van der Waals surface area contributed by atoms with Crippen LogP contribution in [0.5, 0.6) is 0 Å². The first-order chi connectivity index (χ1) is 15.6. The summed E-state index contributed by atoms with van der Waals surface area (Å²) in [5.74, 6) is -0.161. The van der Waals surface area contributed by atoms with Crippen molar-refractivity contribution in [1.82, 2.24) is 9.88 Å². The first-order valence-electron chi connectivity index (χ1n) is 10.0. The average molecular weight is 480 g/mol. The molecule has 1 saturated carbocycles. The van der Waals surface area contributed by atoms with Gasteiger partial charge in [-0.15, -0.1) is 0 Å². The van der Waals surface area contributed by atoms with Crippen molar-refractivity contribution >= 4 is 41.3 Å². The van der Waals surface area contributed by atoms with Crippen LogP contribution in [0.1, 0.15) is 25.3 Å². The molecule has 1 aliphatic carbocycles. The number of ether oxygens (including phenoxy) is 1. The normalized spacial score (nSPS) is 17.0. The maximum Gasteiger partial charge on any atom is 0.446 e. The Bertz CT molecular complexity index is 1090. The number of imide groups is 1. The number of halogens is 3. The summed E-state index contributed by atoms with van der Waals surface area (Å²) in [4.78, 5) is 44.4. The van der Waals surface area contributed by atoms with Crippen molar-refractivity contribution < 1.29 is 32.3 Å². The molecule has 0 atom stereocenters. The summed E-state index contributed by atoms with van der Waals surface area (Å²) < 4.78 is 42.5. The fourth-order valence-corrected chi connectivity index (χ4v) is 4.19. The molecule has 1 aliphatic heterocycles. The largest absolute Gasteiger partial charge is 0.450 e. The zero-order chi connectivity index (χ0) is 23.8. The second-order valence-electron chi connectivity index (χ2n) is 7.48. The highest BCUT2D eigenvalue weighted by molar-refractivity contribution is 8.00. The molecule has 12 heteroatoms. The van der Waals surface area contributed by atoms with Crippen LogP contribution in [0.4, 0.5) is 34.3 Å². The number of hydrogen-bond acceptors (Lipinski definition) is 6. The summed E-state index contributed by atoms with van der Waals surface area (Å²) in [5, 5.41) is 2.49. The number of thioether (sulfide) groups is 1. The molecule has 174 valence electrons. The highest BCUT2D eigenvalue weighted by Crippen LogP contribution is 2.50. The lowest BCUT2D eigenvalue weighted by atomic mass is 10.2. The number of carbonyl (C=O) groups is 3. The average Bonchev–Trinajstić information content (AvgIpc) is 3.51. The molecule has 0 bridgehead atoms. The zero-order valence-corrected chi connectivity index (χ0v) is 18.2. The van der Waals surface area contributed by atoms with Gasteiger partial charge in [-0.2, -0.15) is 13.2 Å². The summed E-state index contributed by atoms with van der Waals surface area (Å²) in [6.07, 6.45) is 1.80. The number of carbonyl (C=O) groups excluding carboxylic acids is 3. The second kappa shape index (κ2) is 8.58. The Morgan fingerprint density at radius 3 is 2.52 bits per heavy atom. The van der Waals surface area contributed by atoms with Crippen molar-refractivity contribution in [3.05, 3.63) is 48.2 Å². The van der Waals surface area contributed by atoms with Crippen LogP contribution in [0.3, 0.4) is 0 Å². The van der Waals surface area contributed by atoms with Crippen LogP contribution in [0, 0.1) is 0 Å². The quantitative estimate of drug-likeness (QED) is 0.473. The van der Waals surface area contributed by atoms with Crippen molar-refractivity contribution in [2.75, 3.05) is 16.8 Å². The molecule has 1 saturated heterocycles. The van der Waals surface area contributed by atoms with E-state index in [4.69, 9.17) is 4.74 Å². The van der Waals surface area contributed by atoms with Gasteiger partial charge in [-0.1, -0.05) is 0 Å². The van der Waals surface area contributed by atoms with Gasteiger partial charge in [0.2, 0.25) is 0 Å². The number of pyridine rings is 1. The summed E-state index contributed by atoms with van der Waals surface area (Å²) in [6.45, 7) is 1.97. The minimum Gasteiger partial charge on any atom is -0.450 e. The van der Waals surface area contributed by atoms with E-state index >= 15 is 0 Å². The Hall–Kier alpha value is -3.28. The minimum atomic E-state index is -4.43. The third-order valence-corrected chi connectivity index (χ3v) is 6.00. The molecule has 1 aromatic carbocycles. The van der Waals surface area contributed by atoms with Gasteiger partial charge in [0.25, 0.3) is 5.91 Å². The van der Waals surface area contributed by atoms with Gasteiger partial charge in [0.1, 0.15) is 11.4 Å². The molecular weight excluding hydrogens is 461 g/mol. The standard InChI is InChI=1S/C21H19F3N4O4S/c1-2-32-18(30)26-16-11-13(7-10-25-16)12-27-19(31)28(17(29)20(27)8-9-20)14-3-5-15(6-4-14)33-21(22,23)24/h3-7,10-11H,2,8-9,12H2,1H3,(H,25,26,30). The Labute approximate surface area is 191 Å². The van der Waals surface area contributed by atoms with Crippen LogP contribution in [0.15, 0.2) is 47.5 Å². The number of benzene rings is 1. The van der Waals surface area contributed by atoms with E-state index in [9.17, 15) is 27.6 Å². The number of aromatic nitrogens is 1. The van der Waals surface area contributed by atoms with Crippen molar-refractivity contribution in [3.63, 3.8) is 0 Å². The lowest BCUT2D eigenvalue weighted by molar-refractivity contribution is -0.120. The molecule has 0 unspecified atom stereocenters. The van der Waals surface area contributed by atoms with E-state index < -0.39 is 29.1 Å². The van der Waals surface area contributed by atoms with E-state index in [1.165, 1.54) is 35.4 Å². The number of anilines is 2. The number of urea groups is 1. The van der Waals surface area contributed by atoms with Crippen LogP contribution in [-0.2, 0) is 16.1 Å². The van der Waals surface area contributed by atoms with Crippen molar-refractivity contribution in [1.29, 1.82) is 0 Å². The van der Waals surface area contributed by atoms with Gasteiger partial charge in [0.15, 0.2) is 0 Å². The number of rotatable bonds is 6. The lowest BCUT2D eigenvalue weighted by Crippen LogP contribution is -2.36. The Morgan fingerprint density at radius 2 is 1.91 bits per heavy atom. The van der Waals surface area contributed by atoms with Crippen molar-refractivity contribution in [3.8, 4) is 0 Å². The number of hydrogen-bond donors (Lipinski definition) is 1. The third kappa shape index (κ3) is 4.75. The summed E-state index contributed by atoms with van der Waals surface area (Å²) in [6, 6.07) is 7.81. The summed E-state index contributed by atoms with van der Waals surface area (Å²) >= 11 is -0.267. The smallest absolute Gasteiger partial charge is 0.446 e. The molecule has 4 amide bonds. The van der Waals surface area contributed by atoms with Crippen LogP contribution in [-0.4, -0.2) is 45.6 Å². The molecule has 4 rings (SSSR count). The molecule has 2 fully saturated rings. The Morgan fingerprint density at radius 1 is 1.21 bits per heavy atom. The molecular formula is C21H19F3N4O4S. The van der Waals surface area contributed by atoms with Gasteiger partial charge >= 0.3 is 17.6 Å². The fraction of sp³-hybridized carbons (Fsp3) is 0.333. The maximum absolute atomic E-state index is 13.2. The molecule has 0 radical (unpaired) electrons.